The highest BCUT2D eigenvalue weighted by Gasteiger charge is 2.46. The Balaban J connectivity index is 0.851. The van der Waals surface area contributed by atoms with Crippen LogP contribution in [0.2, 0.25) is 0 Å². The van der Waals surface area contributed by atoms with Crippen LogP contribution in [0.15, 0.2) is 30.6 Å². The summed E-state index contributed by atoms with van der Waals surface area (Å²) in [5, 5.41) is 20.8. The molecule has 1 aliphatic carbocycles. The number of piperidine rings is 1. The molecular formula is C39H57N7O5. The van der Waals surface area contributed by atoms with Crippen LogP contribution in [-0.4, -0.2) is 106 Å². The molecule has 5 heterocycles. The molecule has 3 saturated heterocycles. The Morgan fingerprint density at radius 3 is 2.59 bits per heavy atom. The largest absolute Gasteiger partial charge is 0.491 e. The zero-order valence-corrected chi connectivity index (χ0v) is 30.4. The van der Waals surface area contributed by atoms with Crippen LogP contribution in [0.25, 0.3) is 0 Å². The second-order valence-corrected chi connectivity index (χ2v) is 15.8. The van der Waals surface area contributed by atoms with Crippen molar-refractivity contribution >= 4 is 17.6 Å². The van der Waals surface area contributed by atoms with Crippen LogP contribution < -0.4 is 20.7 Å². The van der Waals surface area contributed by atoms with E-state index in [0.29, 0.717) is 31.6 Å². The first-order valence-corrected chi connectivity index (χ1v) is 19.4. The smallest absolute Gasteiger partial charge is 0.270 e. The monoisotopic (exact) mass is 703 g/mol. The van der Waals surface area contributed by atoms with E-state index >= 15 is 0 Å². The molecule has 1 aromatic heterocycles. The summed E-state index contributed by atoms with van der Waals surface area (Å²) < 4.78 is 12.5. The number of aliphatic hydroxyl groups excluding tert-OH is 1. The van der Waals surface area contributed by atoms with E-state index in [4.69, 9.17) is 9.47 Å². The van der Waals surface area contributed by atoms with E-state index in [1.165, 1.54) is 62.4 Å². The highest BCUT2D eigenvalue weighted by Crippen LogP contribution is 2.38. The van der Waals surface area contributed by atoms with E-state index in [1.807, 2.05) is 4.90 Å². The van der Waals surface area contributed by atoms with Crippen LogP contribution in [0.4, 0.5) is 5.82 Å². The van der Waals surface area contributed by atoms with Crippen LogP contribution in [0, 0.1) is 5.92 Å². The minimum Gasteiger partial charge on any atom is -0.491 e. The zero-order valence-electron chi connectivity index (χ0n) is 30.4. The molecule has 2 bridgehead atoms. The predicted molar refractivity (Wildman–Crippen MR) is 194 cm³/mol. The quantitative estimate of drug-likeness (QED) is 0.271. The third kappa shape index (κ3) is 8.50. The lowest BCUT2D eigenvalue weighted by molar-refractivity contribution is -0.133. The summed E-state index contributed by atoms with van der Waals surface area (Å²) in [6, 6.07) is 8.76. The van der Waals surface area contributed by atoms with E-state index in [9.17, 15) is 14.7 Å². The van der Waals surface area contributed by atoms with Crippen LogP contribution in [0.1, 0.15) is 106 Å². The molecule has 4 N–H and O–H groups in total. The summed E-state index contributed by atoms with van der Waals surface area (Å²) in [7, 11) is 0. The van der Waals surface area contributed by atoms with Crippen molar-refractivity contribution in [1.29, 1.82) is 0 Å². The minimum atomic E-state index is -0.716. The molecule has 1 saturated carbocycles. The summed E-state index contributed by atoms with van der Waals surface area (Å²) in [5.74, 6) is 1.91. The van der Waals surface area contributed by atoms with E-state index in [-0.39, 0.29) is 53.8 Å². The van der Waals surface area contributed by atoms with Crippen molar-refractivity contribution in [2.75, 3.05) is 38.3 Å². The van der Waals surface area contributed by atoms with E-state index in [0.717, 1.165) is 50.9 Å². The number of carbonyl (C=O) groups is 2. The number of carbonyl (C=O) groups excluding carboxylic acids is 2. The Morgan fingerprint density at radius 1 is 1.06 bits per heavy atom. The number of aliphatic hydroxyl groups is 1. The molecule has 2 aromatic rings. The van der Waals surface area contributed by atoms with Crippen molar-refractivity contribution < 1.29 is 24.2 Å². The van der Waals surface area contributed by atoms with Gasteiger partial charge in [-0.2, -0.15) is 0 Å². The van der Waals surface area contributed by atoms with Crippen molar-refractivity contribution in [1.82, 2.24) is 30.4 Å². The summed E-state index contributed by atoms with van der Waals surface area (Å²) in [4.78, 5) is 37.8. The van der Waals surface area contributed by atoms with Gasteiger partial charge in [0.2, 0.25) is 5.91 Å². The minimum absolute atomic E-state index is 0.0291. The fourth-order valence-electron chi connectivity index (χ4n) is 9.52. The molecule has 5 atom stereocenters. The van der Waals surface area contributed by atoms with Crippen molar-refractivity contribution in [3.63, 3.8) is 0 Å². The lowest BCUT2D eigenvalue weighted by atomic mass is 9.74. The molecule has 0 spiro atoms. The Morgan fingerprint density at radius 2 is 1.82 bits per heavy atom. The number of nitrogens with one attached hydrogen (secondary N) is 3. The van der Waals surface area contributed by atoms with Crippen LogP contribution in [0.5, 0.6) is 5.75 Å². The third-order valence-corrected chi connectivity index (χ3v) is 12.3. The topological polar surface area (TPSA) is 141 Å². The Labute approximate surface area is 302 Å². The predicted octanol–water partition coefficient (Wildman–Crippen LogP) is 4.02. The number of amides is 2. The second kappa shape index (κ2) is 16.1. The van der Waals surface area contributed by atoms with Gasteiger partial charge in [-0.1, -0.05) is 38.2 Å². The molecule has 5 aliphatic rings. The van der Waals surface area contributed by atoms with Gasteiger partial charge in [0.15, 0.2) is 0 Å². The normalized spacial score (nSPS) is 29.1. The standard InChI is InChI=1S/C39H57N7O5/c1-26(47)46-31-11-12-32(46)18-30(17-31)44-37-19-35(41-24-42-37)38(49)40-20-33(48)22-45-15-14-27-16-34(13-10-28(27)21-45)50-23-36-39(2,43-25-51-36)29-8-6-4-3-5-7-9-29/h10,13,16,19,24,29-33,36,43,48H,3-9,11-12,14-15,17-18,20-23,25H2,1-2H3,(H,40,49)(H,41,42,44)/t30?,31?,32?,33-,36?,39?/m0/s1. The second-order valence-electron chi connectivity index (χ2n) is 15.8. The van der Waals surface area contributed by atoms with Crippen molar-refractivity contribution in [2.45, 2.75) is 133 Å². The van der Waals surface area contributed by atoms with Gasteiger partial charge < -0.3 is 30.1 Å². The van der Waals surface area contributed by atoms with E-state index in [1.54, 1.807) is 13.0 Å². The Kier molecular flexibility index (Phi) is 11.4. The number of ether oxygens (including phenoxy) is 2. The number of anilines is 1. The van der Waals surface area contributed by atoms with Gasteiger partial charge in [0.25, 0.3) is 5.91 Å². The maximum Gasteiger partial charge on any atom is 0.270 e. The summed E-state index contributed by atoms with van der Waals surface area (Å²) in [6.45, 7) is 7.26. The summed E-state index contributed by atoms with van der Waals surface area (Å²) >= 11 is 0. The number of fused-ring (bicyclic) bond motifs is 3. The molecule has 4 aliphatic heterocycles. The van der Waals surface area contributed by atoms with Crippen LogP contribution >= 0.6 is 0 Å². The summed E-state index contributed by atoms with van der Waals surface area (Å²) in [6.07, 6.45) is 14.6. The number of β-amino-alcohol motifs (C(OH)–C–C–N with tert-alkyl or cyclic N) is 1. The highest BCUT2D eigenvalue weighted by atomic mass is 16.5. The average Bonchev–Trinajstić information content (AvgIpc) is 3.62. The van der Waals surface area contributed by atoms with Gasteiger partial charge >= 0.3 is 0 Å². The molecular weight excluding hydrogens is 646 g/mol. The molecule has 12 heteroatoms. The maximum atomic E-state index is 13.0. The fraction of sp³-hybridized carbons (Fsp3) is 0.692. The number of hydrogen-bond donors (Lipinski definition) is 4. The van der Waals surface area contributed by atoms with Crippen molar-refractivity contribution in [3.8, 4) is 5.75 Å². The summed E-state index contributed by atoms with van der Waals surface area (Å²) in [5.41, 5.74) is 2.72. The molecule has 0 radical (unpaired) electrons. The van der Waals surface area contributed by atoms with Gasteiger partial charge in [-0.05, 0) is 81.0 Å². The number of hydrogen-bond acceptors (Lipinski definition) is 10. The van der Waals surface area contributed by atoms with E-state index in [2.05, 4.69) is 55.9 Å². The molecule has 4 unspecified atom stereocenters. The first-order chi connectivity index (χ1) is 24.7. The fourth-order valence-corrected chi connectivity index (χ4v) is 9.52. The van der Waals surface area contributed by atoms with Crippen molar-refractivity contribution in [3.05, 3.63) is 47.4 Å². The van der Waals surface area contributed by atoms with Gasteiger partial charge in [-0.15, -0.1) is 0 Å². The molecule has 4 fully saturated rings. The first-order valence-electron chi connectivity index (χ1n) is 19.4. The zero-order chi connectivity index (χ0) is 35.4. The molecule has 7 rings (SSSR count). The van der Waals surface area contributed by atoms with Crippen molar-refractivity contribution in [2.24, 2.45) is 5.92 Å². The van der Waals surface area contributed by atoms with Gasteiger partial charge in [-0.25, -0.2) is 9.97 Å². The Hall–Kier alpha value is -3.32. The van der Waals surface area contributed by atoms with Gasteiger partial charge in [0.1, 0.15) is 36.3 Å². The van der Waals surface area contributed by atoms with Crippen LogP contribution in [-0.2, 0) is 22.5 Å². The SMILES string of the molecule is CC(=O)N1C2CCC1CC(Nc1cc(C(=O)NC[C@H](O)CN3CCc4cc(OCC5OCNC5(C)C5CCCCCCC5)ccc4C3)ncn1)C2. The highest BCUT2D eigenvalue weighted by molar-refractivity contribution is 5.92. The first kappa shape index (κ1) is 36.1. The molecule has 2 amide bonds. The number of rotatable bonds is 11. The molecule has 1 aromatic carbocycles. The Bertz CT molecular complexity index is 1500. The van der Waals surface area contributed by atoms with E-state index < -0.39 is 6.10 Å². The number of nitrogens with zero attached hydrogens (tertiary/aromatic N) is 4. The number of benzene rings is 1. The lowest BCUT2D eigenvalue weighted by Gasteiger charge is -2.39. The van der Waals surface area contributed by atoms with Crippen LogP contribution in [0.3, 0.4) is 0 Å². The lowest BCUT2D eigenvalue weighted by Crippen LogP contribution is -2.53. The molecule has 51 heavy (non-hydrogen) atoms. The molecule has 12 nitrogen and oxygen atoms in total. The van der Waals surface area contributed by atoms with Gasteiger partial charge in [-0.3, -0.25) is 19.8 Å². The molecule has 278 valence electrons. The van der Waals surface area contributed by atoms with Gasteiger partial charge in [0, 0.05) is 62.8 Å². The maximum absolute atomic E-state index is 13.0. The third-order valence-electron chi connectivity index (χ3n) is 12.3. The average molecular weight is 704 g/mol. The number of aromatic nitrogens is 2. The van der Waals surface area contributed by atoms with Gasteiger partial charge in [0.05, 0.1) is 12.8 Å².